The fourth-order valence-electron chi connectivity index (χ4n) is 2.20. The Morgan fingerprint density at radius 1 is 1.16 bits per heavy atom. The van der Waals surface area contributed by atoms with Crippen molar-refractivity contribution < 1.29 is 9.53 Å². The molecule has 2 aromatic rings. The number of benzene rings is 2. The molecule has 2 aromatic carbocycles. The van der Waals surface area contributed by atoms with Crippen LogP contribution < -0.4 is 0 Å². The first-order valence-electron chi connectivity index (χ1n) is 6.91. The SMILES string of the molecule is CCCC[C@H](C)OC(=O)c1cccc2ccccc12. The first-order valence-corrected chi connectivity index (χ1v) is 6.91. The van der Waals surface area contributed by atoms with Gasteiger partial charge >= 0.3 is 5.97 Å². The molecule has 0 heterocycles. The molecule has 2 heteroatoms. The molecule has 0 aromatic heterocycles. The van der Waals surface area contributed by atoms with Gasteiger partial charge in [-0.2, -0.15) is 0 Å². The van der Waals surface area contributed by atoms with Crippen LogP contribution in [-0.2, 0) is 4.74 Å². The molecule has 2 rings (SSSR count). The van der Waals surface area contributed by atoms with E-state index >= 15 is 0 Å². The van der Waals surface area contributed by atoms with Crippen LogP contribution in [0.1, 0.15) is 43.5 Å². The van der Waals surface area contributed by atoms with Crippen LogP contribution in [0.5, 0.6) is 0 Å². The molecule has 0 unspecified atom stereocenters. The lowest BCUT2D eigenvalue weighted by atomic mass is 10.0. The van der Waals surface area contributed by atoms with Crippen molar-refractivity contribution in [3.8, 4) is 0 Å². The zero-order valence-corrected chi connectivity index (χ0v) is 11.6. The molecule has 2 nitrogen and oxygen atoms in total. The van der Waals surface area contributed by atoms with E-state index in [1.165, 1.54) is 0 Å². The van der Waals surface area contributed by atoms with Gasteiger partial charge in [0, 0.05) is 0 Å². The molecule has 0 saturated carbocycles. The first-order chi connectivity index (χ1) is 9.22. The summed E-state index contributed by atoms with van der Waals surface area (Å²) in [5, 5.41) is 2.02. The number of carbonyl (C=O) groups is 1. The van der Waals surface area contributed by atoms with Crippen molar-refractivity contribution in [2.45, 2.75) is 39.2 Å². The molecule has 0 N–H and O–H groups in total. The summed E-state index contributed by atoms with van der Waals surface area (Å²) in [5.74, 6) is -0.222. The van der Waals surface area contributed by atoms with Gasteiger partial charge < -0.3 is 4.74 Å². The third-order valence-electron chi connectivity index (χ3n) is 3.28. The van der Waals surface area contributed by atoms with Crippen LogP contribution in [-0.4, -0.2) is 12.1 Å². The Kier molecular flexibility index (Phi) is 4.56. The van der Waals surface area contributed by atoms with Crippen molar-refractivity contribution in [1.82, 2.24) is 0 Å². The molecule has 1 atom stereocenters. The maximum absolute atomic E-state index is 12.2. The normalized spacial score (nSPS) is 12.3. The summed E-state index contributed by atoms with van der Waals surface area (Å²) in [6, 6.07) is 13.6. The zero-order valence-electron chi connectivity index (χ0n) is 11.6. The summed E-state index contributed by atoms with van der Waals surface area (Å²) in [5.41, 5.74) is 0.654. The van der Waals surface area contributed by atoms with E-state index in [0.717, 1.165) is 30.0 Å². The molecule has 0 bridgehead atoms. The fourth-order valence-corrected chi connectivity index (χ4v) is 2.20. The number of hydrogen-bond acceptors (Lipinski definition) is 2. The van der Waals surface area contributed by atoms with E-state index in [-0.39, 0.29) is 12.1 Å². The van der Waals surface area contributed by atoms with Gasteiger partial charge in [0.05, 0.1) is 11.7 Å². The number of esters is 1. The van der Waals surface area contributed by atoms with Crippen LogP contribution in [0, 0.1) is 0 Å². The van der Waals surface area contributed by atoms with E-state index in [1.807, 2.05) is 49.4 Å². The van der Waals surface area contributed by atoms with E-state index in [9.17, 15) is 4.79 Å². The molecule has 100 valence electrons. The van der Waals surface area contributed by atoms with Crippen LogP contribution in [0.25, 0.3) is 10.8 Å². The maximum atomic E-state index is 12.2. The van der Waals surface area contributed by atoms with Crippen molar-refractivity contribution >= 4 is 16.7 Å². The fraction of sp³-hybridized carbons (Fsp3) is 0.353. The van der Waals surface area contributed by atoms with E-state index in [1.54, 1.807) is 0 Å². The lowest BCUT2D eigenvalue weighted by Crippen LogP contribution is -2.15. The van der Waals surface area contributed by atoms with Crippen molar-refractivity contribution in [2.24, 2.45) is 0 Å². The number of ether oxygens (including phenoxy) is 1. The van der Waals surface area contributed by atoms with Crippen molar-refractivity contribution in [1.29, 1.82) is 0 Å². The molecule has 0 fully saturated rings. The lowest BCUT2D eigenvalue weighted by Gasteiger charge is -2.13. The quantitative estimate of drug-likeness (QED) is 0.732. The van der Waals surface area contributed by atoms with Crippen LogP contribution in [0.2, 0.25) is 0 Å². The van der Waals surface area contributed by atoms with Gasteiger partial charge in [-0.25, -0.2) is 4.79 Å². The highest BCUT2D eigenvalue weighted by molar-refractivity contribution is 6.04. The average Bonchev–Trinajstić information content (AvgIpc) is 2.44. The van der Waals surface area contributed by atoms with Crippen LogP contribution in [0.3, 0.4) is 0 Å². The van der Waals surface area contributed by atoms with Crippen LogP contribution >= 0.6 is 0 Å². The van der Waals surface area contributed by atoms with E-state index in [4.69, 9.17) is 4.74 Å². The molecule has 19 heavy (non-hydrogen) atoms. The second kappa shape index (κ2) is 6.37. The summed E-state index contributed by atoms with van der Waals surface area (Å²) in [6.07, 6.45) is 3.11. The predicted molar refractivity (Wildman–Crippen MR) is 78.4 cm³/mol. The highest BCUT2D eigenvalue weighted by atomic mass is 16.5. The Morgan fingerprint density at radius 2 is 1.89 bits per heavy atom. The van der Waals surface area contributed by atoms with Gasteiger partial charge in [-0.15, -0.1) is 0 Å². The molecule has 0 saturated heterocycles. The van der Waals surface area contributed by atoms with Gasteiger partial charge in [0.2, 0.25) is 0 Å². The molecule has 0 spiro atoms. The molecule has 0 amide bonds. The Balaban J connectivity index is 2.17. The maximum Gasteiger partial charge on any atom is 0.339 e. The number of fused-ring (bicyclic) bond motifs is 1. The second-order valence-corrected chi connectivity index (χ2v) is 4.88. The van der Waals surface area contributed by atoms with Gasteiger partial charge in [0.15, 0.2) is 0 Å². The van der Waals surface area contributed by atoms with Gasteiger partial charge in [0.25, 0.3) is 0 Å². The number of carbonyl (C=O) groups excluding carboxylic acids is 1. The largest absolute Gasteiger partial charge is 0.459 e. The minimum absolute atomic E-state index is 0.0218. The van der Waals surface area contributed by atoms with Crippen molar-refractivity contribution in [3.63, 3.8) is 0 Å². The molecular formula is C17H20O2. The van der Waals surface area contributed by atoms with Crippen LogP contribution in [0.15, 0.2) is 42.5 Å². The van der Waals surface area contributed by atoms with E-state index < -0.39 is 0 Å². The Bertz CT molecular complexity index is 555. The van der Waals surface area contributed by atoms with Gasteiger partial charge in [-0.1, -0.05) is 56.2 Å². The third kappa shape index (κ3) is 3.34. The van der Waals surface area contributed by atoms with E-state index in [0.29, 0.717) is 5.56 Å². The predicted octanol–water partition coefficient (Wildman–Crippen LogP) is 4.58. The van der Waals surface area contributed by atoms with Crippen LogP contribution in [0.4, 0.5) is 0 Å². The first kappa shape index (κ1) is 13.6. The Labute approximate surface area is 114 Å². The zero-order chi connectivity index (χ0) is 13.7. The molecule has 0 aliphatic rings. The highest BCUT2D eigenvalue weighted by Crippen LogP contribution is 2.20. The highest BCUT2D eigenvalue weighted by Gasteiger charge is 2.14. The molecule has 0 aliphatic heterocycles. The number of hydrogen-bond donors (Lipinski definition) is 0. The smallest absolute Gasteiger partial charge is 0.339 e. The van der Waals surface area contributed by atoms with E-state index in [2.05, 4.69) is 6.92 Å². The summed E-state index contributed by atoms with van der Waals surface area (Å²) in [6.45, 7) is 4.10. The molecular weight excluding hydrogens is 236 g/mol. The van der Waals surface area contributed by atoms with Gasteiger partial charge in [-0.3, -0.25) is 0 Å². The Hall–Kier alpha value is -1.83. The summed E-state index contributed by atoms with van der Waals surface area (Å²) < 4.78 is 5.51. The summed E-state index contributed by atoms with van der Waals surface area (Å²) in [7, 11) is 0. The average molecular weight is 256 g/mol. The minimum atomic E-state index is -0.222. The lowest BCUT2D eigenvalue weighted by molar-refractivity contribution is 0.0323. The second-order valence-electron chi connectivity index (χ2n) is 4.88. The summed E-state index contributed by atoms with van der Waals surface area (Å²) in [4.78, 5) is 12.2. The topological polar surface area (TPSA) is 26.3 Å². The monoisotopic (exact) mass is 256 g/mol. The Morgan fingerprint density at radius 3 is 2.68 bits per heavy atom. The van der Waals surface area contributed by atoms with Crippen molar-refractivity contribution in [2.75, 3.05) is 0 Å². The van der Waals surface area contributed by atoms with Crippen molar-refractivity contribution in [3.05, 3.63) is 48.0 Å². The standard InChI is InChI=1S/C17H20O2/c1-3-4-8-13(2)19-17(18)16-12-7-10-14-9-5-6-11-15(14)16/h5-7,9-13H,3-4,8H2,1-2H3/t13-/m0/s1. The van der Waals surface area contributed by atoms with Gasteiger partial charge in [0.1, 0.15) is 0 Å². The molecule has 0 radical (unpaired) electrons. The number of rotatable bonds is 5. The molecule has 0 aliphatic carbocycles. The summed E-state index contributed by atoms with van der Waals surface area (Å²) >= 11 is 0. The minimum Gasteiger partial charge on any atom is -0.459 e. The van der Waals surface area contributed by atoms with Gasteiger partial charge in [-0.05, 0) is 30.2 Å². The third-order valence-corrected chi connectivity index (χ3v) is 3.28. The number of unbranched alkanes of at least 4 members (excludes halogenated alkanes) is 1.